The first-order valence-electron chi connectivity index (χ1n) is 14.3. The Labute approximate surface area is 252 Å². The molecule has 1 N–H and O–H groups in total. The van der Waals surface area contributed by atoms with Crippen LogP contribution in [0.1, 0.15) is 37.8 Å². The highest BCUT2D eigenvalue weighted by Gasteiger charge is 2.31. The standard InChI is InChI=1S/C32H38FN3O6S/c1-23(2)34-32(38)28(20-24-10-5-4-6-11-24)35(22-25-12-7-8-13-27(25)33)31(37)14-9-17-36(43(3,39)40)26-15-16-29-30(21-26)42-19-18-41-29/h4-8,10-13,15-16,21,23,28H,9,14,17-20,22H2,1-3H3,(H,34,38)/t28-/m0/s1. The molecule has 0 unspecified atom stereocenters. The molecule has 2 amide bonds. The lowest BCUT2D eigenvalue weighted by molar-refractivity contribution is -0.141. The van der Waals surface area contributed by atoms with E-state index in [2.05, 4.69) is 5.32 Å². The Balaban J connectivity index is 1.58. The summed E-state index contributed by atoms with van der Waals surface area (Å²) in [7, 11) is -3.70. The van der Waals surface area contributed by atoms with Gasteiger partial charge in [0.15, 0.2) is 11.5 Å². The average Bonchev–Trinajstić information content (AvgIpc) is 2.97. The molecule has 0 aromatic heterocycles. The molecular formula is C32H38FN3O6S. The average molecular weight is 612 g/mol. The van der Waals surface area contributed by atoms with E-state index in [1.54, 1.807) is 36.4 Å². The quantitative estimate of drug-likeness (QED) is 0.309. The molecule has 0 saturated heterocycles. The number of hydrogen-bond donors (Lipinski definition) is 1. The van der Waals surface area contributed by atoms with Crippen molar-refractivity contribution in [3.05, 3.63) is 89.7 Å². The molecule has 1 heterocycles. The number of benzene rings is 3. The Hall–Kier alpha value is -4.12. The van der Waals surface area contributed by atoms with Crippen molar-refractivity contribution in [3.8, 4) is 11.5 Å². The minimum absolute atomic E-state index is 0.0132. The van der Waals surface area contributed by atoms with Gasteiger partial charge in [-0.25, -0.2) is 12.8 Å². The van der Waals surface area contributed by atoms with Crippen molar-refractivity contribution in [3.63, 3.8) is 0 Å². The topological polar surface area (TPSA) is 105 Å². The minimum Gasteiger partial charge on any atom is -0.486 e. The van der Waals surface area contributed by atoms with E-state index >= 15 is 0 Å². The largest absolute Gasteiger partial charge is 0.486 e. The lowest BCUT2D eigenvalue weighted by atomic mass is 10.0. The second-order valence-electron chi connectivity index (χ2n) is 10.7. The van der Waals surface area contributed by atoms with Crippen LogP contribution in [0.5, 0.6) is 11.5 Å². The summed E-state index contributed by atoms with van der Waals surface area (Å²) in [6.45, 7) is 4.33. The number of ether oxygens (including phenoxy) is 2. The highest BCUT2D eigenvalue weighted by molar-refractivity contribution is 7.92. The molecule has 1 aliphatic heterocycles. The van der Waals surface area contributed by atoms with Crippen molar-refractivity contribution in [2.45, 2.75) is 51.7 Å². The molecule has 0 aliphatic carbocycles. The number of nitrogens with zero attached hydrogens (tertiary/aromatic N) is 2. The number of hydrogen-bond acceptors (Lipinski definition) is 6. The Morgan fingerprint density at radius 1 is 0.953 bits per heavy atom. The lowest BCUT2D eigenvalue weighted by Gasteiger charge is -2.32. The number of carbonyl (C=O) groups is 2. The summed E-state index contributed by atoms with van der Waals surface area (Å²) in [6.07, 6.45) is 1.43. The first kappa shape index (κ1) is 31.8. The second kappa shape index (κ2) is 14.4. The second-order valence-corrected chi connectivity index (χ2v) is 12.7. The van der Waals surface area contributed by atoms with Crippen LogP contribution < -0.4 is 19.1 Å². The normalized spacial score (nSPS) is 13.3. The number of anilines is 1. The van der Waals surface area contributed by atoms with Gasteiger partial charge in [-0.3, -0.25) is 13.9 Å². The number of carbonyl (C=O) groups excluding carboxylic acids is 2. The van der Waals surface area contributed by atoms with Gasteiger partial charge in [0.1, 0.15) is 25.1 Å². The number of halogens is 1. The van der Waals surface area contributed by atoms with Gasteiger partial charge in [0.2, 0.25) is 21.8 Å². The maximum absolute atomic E-state index is 14.8. The number of amides is 2. The summed E-state index contributed by atoms with van der Waals surface area (Å²) in [6, 6.07) is 19.3. The fourth-order valence-electron chi connectivity index (χ4n) is 4.94. The van der Waals surface area contributed by atoms with Crippen molar-refractivity contribution in [1.29, 1.82) is 0 Å². The maximum atomic E-state index is 14.8. The maximum Gasteiger partial charge on any atom is 0.243 e. The van der Waals surface area contributed by atoms with Crippen LogP contribution in [0.4, 0.5) is 10.1 Å². The number of rotatable bonds is 13. The van der Waals surface area contributed by atoms with Crippen molar-refractivity contribution in [1.82, 2.24) is 10.2 Å². The van der Waals surface area contributed by atoms with E-state index < -0.39 is 27.8 Å². The smallest absolute Gasteiger partial charge is 0.243 e. The summed E-state index contributed by atoms with van der Waals surface area (Å²) in [4.78, 5) is 28.7. The zero-order valence-corrected chi connectivity index (χ0v) is 25.5. The molecule has 43 heavy (non-hydrogen) atoms. The molecule has 0 radical (unpaired) electrons. The Morgan fingerprint density at radius 3 is 2.30 bits per heavy atom. The minimum atomic E-state index is -3.70. The molecule has 11 heteroatoms. The first-order chi connectivity index (χ1) is 20.5. The van der Waals surface area contributed by atoms with Gasteiger partial charge < -0.3 is 19.7 Å². The Kier molecular flexibility index (Phi) is 10.6. The van der Waals surface area contributed by atoms with Gasteiger partial charge in [0.25, 0.3) is 0 Å². The zero-order chi connectivity index (χ0) is 31.0. The molecule has 230 valence electrons. The number of fused-ring (bicyclic) bond motifs is 1. The summed E-state index contributed by atoms with van der Waals surface area (Å²) in [5, 5.41) is 2.90. The van der Waals surface area contributed by atoms with E-state index in [0.717, 1.165) is 11.8 Å². The third-order valence-electron chi connectivity index (χ3n) is 6.97. The first-order valence-corrected chi connectivity index (χ1v) is 16.1. The van der Waals surface area contributed by atoms with Gasteiger partial charge in [-0.15, -0.1) is 0 Å². The summed E-state index contributed by atoms with van der Waals surface area (Å²) in [5.41, 5.74) is 1.51. The van der Waals surface area contributed by atoms with Gasteiger partial charge >= 0.3 is 0 Å². The molecule has 3 aromatic carbocycles. The summed E-state index contributed by atoms with van der Waals surface area (Å²) >= 11 is 0. The van der Waals surface area contributed by atoms with Crippen LogP contribution in [0, 0.1) is 5.82 Å². The van der Waals surface area contributed by atoms with Crippen LogP contribution in [-0.4, -0.2) is 63.2 Å². The fraction of sp³-hybridized carbons (Fsp3) is 0.375. The van der Waals surface area contributed by atoms with Crippen molar-refractivity contribution in [2.75, 3.05) is 30.3 Å². The molecule has 0 fully saturated rings. The van der Waals surface area contributed by atoms with Crippen LogP contribution in [0.3, 0.4) is 0 Å². The van der Waals surface area contributed by atoms with Crippen LogP contribution >= 0.6 is 0 Å². The molecule has 9 nitrogen and oxygen atoms in total. The third-order valence-corrected chi connectivity index (χ3v) is 8.16. The Morgan fingerprint density at radius 2 is 1.63 bits per heavy atom. The third kappa shape index (κ3) is 8.70. The van der Waals surface area contributed by atoms with E-state index in [9.17, 15) is 22.4 Å². The van der Waals surface area contributed by atoms with E-state index in [4.69, 9.17) is 9.47 Å². The van der Waals surface area contributed by atoms with Gasteiger partial charge in [-0.1, -0.05) is 48.5 Å². The SMILES string of the molecule is CC(C)NC(=O)[C@H](Cc1ccccc1)N(Cc1ccccc1F)C(=O)CCCN(c1ccc2c(c1)OCCO2)S(C)(=O)=O. The number of nitrogens with one attached hydrogen (secondary N) is 1. The predicted molar refractivity (Wildman–Crippen MR) is 163 cm³/mol. The van der Waals surface area contributed by atoms with E-state index in [-0.39, 0.29) is 49.9 Å². The van der Waals surface area contributed by atoms with Crippen LogP contribution in [0.25, 0.3) is 0 Å². The Bertz CT molecular complexity index is 1520. The predicted octanol–water partition coefficient (Wildman–Crippen LogP) is 4.31. The van der Waals surface area contributed by atoms with E-state index in [1.807, 2.05) is 44.2 Å². The zero-order valence-electron chi connectivity index (χ0n) is 24.7. The molecular weight excluding hydrogens is 573 g/mol. The van der Waals surface area contributed by atoms with E-state index in [1.165, 1.54) is 15.3 Å². The summed E-state index contributed by atoms with van der Waals surface area (Å²) < 4.78 is 52.7. The fourth-order valence-corrected chi connectivity index (χ4v) is 5.89. The highest BCUT2D eigenvalue weighted by atomic mass is 32.2. The van der Waals surface area contributed by atoms with Crippen molar-refractivity contribution in [2.24, 2.45) is 0 Å². The van der Waals surface area contributed by atoms with Crippen LogP contribution in [0.15, 0.2) is 72.8 Å². The van der Waals surface area contributed by atoms with Gasteiger partial charge in [-0.2, -0.15) is 0 Å². The van der Waals surface area contributed by atoms with Gasteiger partial charge in [0.05, 0.1) is 11.9 Å². The van der Waals surface area contributed by atoms with E-state index in [0.29, 0.717) is 30.4 Å². The highest BCUT2D eigenvalue weighted by Crippen LogP contribution is 2.35. The van der Waals surface area contributed by atoms with Gasteiger partial charge in [-0.05, 0) is 44.0 Å². The molecule has 4 rings (SSSR count). The lowest BCUT2D eigenvalue weighted by Crippen LogP contribution is -2.52. The van der Waals surface area contributed by atoms with Gasteiger partial charge in [0, 0.05) is 43.6 Å². The molecule has 3 aromatic rings. The van der Waals surface area contributed by atoms with Crippen molar-refractivity contribution < 1.29 is 31.9 Å². The number of sulfonamides is 1. The van der Waals surface area contributed by atoms with Crippen LogP contribution in [-0.2, 0) is 32.6 Å². The van der Waals surface area contributed by atoms with Crippen molar-refractivity contribution >= 4 is 27.5 Å². The summed E-state index contributed by atoms with van der Waals surface area (Å²) in [5.74, 6) is -0.239. The molecule has 0 spiro atoms. The molecule has 1 atom stereocenters. The van der Waals surface area contributed by atoms with Crippen LogP contribution in [0.2, 0.25) is 0 Å². The molecule has 1 aliphatic rings. The molecule has 0 bridgehead atoms. The monoisotopic (exact) mass is 611 g/mol. The molecule has 0 saturated carbocycles.